The Balaban J connectivity index is 1.48. The first-order valence-corrected chi connectivity index (χ1v) is 8.42. The molecule has 1 atom stereocenters. The lowest BCUT2D eigenvalue weighted by molar-refractivity contribution is 0.216. The molecule has 0 spiro atoms. The highest BCUT2D eigenvalue weighted by molar-refractivity contribution is 5.44. The van der Waals surface area contributed by atoms with E-state index >= 15 is 0 Å². The molecule has 24 heavy (non-hydrogen) atoms. The highest BCUT2D eigenvalue weighted by Gasteiger charge is 2.27. The van der Waals surface area contributed by atoms with Crippen molar-refractivity contribution >= 4 is 0 Å². The average Bonchev–Trinajstić information content (AvgIpc) is 3.31. The Morgan fingerprint density at radius 3 is 3.00 bits per heavy atom. The number of likely N-dealkylation sites (tertiary alicyclic amines) is 1. The summed E-state index contributed by atoms with van der Waals surface area (Å²) in [5, 5.41) is 4.42. The van der Waals surface area contributed by atoms with Crippen LogP contribution >= 0.6 is 0 Å². The van der Waals surface area contributed by atoms with Crippen LogP contribution in [0.2, 0.25) is 0 Å². The number of aromatic nitrogens is 3. The molecule has 0 radical (unpaired) electrons. The van der Waals surface area contributed by atoms with Gasteiger partial charge in [-0.1, -0.05) is 0 Å². The molecule has 6 heteroatoms. The van der Waals surface area contributed by atoms with Crippen LogP contribution in [0.25, 0.3) is 11.7 Å². The molecule has 1 aliphatic rings. The van der Waals surface area contributed by atoms with Crippen LogP contribution in [0.15, 0.2) is 39.6 Å². The van der Waals surface area contributed by atoms with Crippen LogP contribution in [-0.4, -0.2) is 32.3 Å². The van der Waals surface area contributed by atoms with Crippen molar-refractivity contribution in [3.8, 4) is 11.7 Å². The van der Waals surface area contributed by atoms with E-state index < -0.39 is 0 Å². The molecule has 0 amide bonds. The maximum atomic E-state index is 5.78. The Hall–Kier alpha value is -2.34. The fourth-order valence-corrected chi connectivity index (χ4v) is 3.37. The molecule has 1 aliphatic heterocycles. The summed E-state index contributed by atoms with van der Waals surface area (Å²) in [6.45, 7) is 6.87. The summed E-state index contributed by atoms with van der Waals surface area (Å²) in [7, 11) is 0. The van der Waals surface area contributed by atoms with E-state index in [1.54, 1.807) is 6.26 Å². The Labute approximate surface area is 141 Å². The van der Waals surface area contributed by atoms with Crippen molar-refractivity contribution in [1.29, 1.82) is 0 Å². The standard InChI is InChI=1S/C18H22N4O2/c1-13-9-19-22(10-13)11-15-5-3-7-21(15)12-16-14(2)24-18(20-16)17-6-4-8-23-17/h4,6,8-10,15H,3,5,7,11-12H2,1-2H3/t15-/m1/s1. The summed E-state index contributed by atoms with van der Waals surface area (Å²) < 4.78 is 13.2. The molecule has 0 unspecified atom stereocenters. The summed E-state index contributed by atoms with van der Waals surface area (Å²) in [5.74, 6) is 2.10. The fourth-order valence-electron chi connectivity index (χ4n) is 3.37. The summed E-state index contributed by atoms with van der Waals surface area (Å²) in [6.07, 6.45) is 8.06. The molecule has 0 aliphatic carbocycles. The van der Waals surface area contributed by atoms with Crippen LogP contribution in [0.4, 0.5) is 0 Å². The number of nitrogens with zero attached hydrogens (tertiary/aromatic N) is 4. The van der Waals surface area contributed by atoms with Crippen LogP contribution in [-0.2, 0) is 13.1 Å². The van der Waals surface area contributed by atoms with E-state index in [9.17, 15) is 0 Å². The number of oxazole rings is 1. The molecular formula is C18H22N4O2. The summed E-state index contributed by atoms with van der Waals surface area (Å²) in [5.41, 5.74) is 2.19. The zero-order valence-corrected chi connectivity index (χ0v) is 14.1. The Morgan fingerprint density at radius 2 is 2.25 bits per heavy atom. The van der Waals surface area contributed by atoms with Gasteiger partial charge in [0.25, 0.3) is 5.89 Å². The van der Waals surface area contributed by atoms with Crippen LogP contribution in [0, 0.1) is 13.8 Å². The number of hydrogen-bond donors (Lipinski definition) is 0. The van der Waals surface area contributed by atoms with E-state index in [0.717, 1.165) is 31.1 Å². The van der Waals surface area contributed by atoms with Crippen molar-refractivity contribution in [2.24, 2.45) is 0 Å². The topological polar surface area (TPSA) is 60.2 Å². The van der Waals surface area contributed by atoms with Crippen molar-refractivity contribution in [2.45, 2.75) is 45.8 Å². The minimum absolute atomic E-state index is 0.493. The van der Waals surface area contributed by atoms with Gasteiger partial charge in [-0.25, -0.2) is 4.98 Å². The number of rotatable bonds is 5. The van der Waals surface area contributed by atoms with Gasteiger partial charge in [0.1, 0.15) is 5.76 Å². The van der Waals surface area contributed by atoms with Gasteiger partial charge in [-0.3, -0.25) is 9.58 Å². The van der Waals surface area contributed by atoms with Crippen molar-refractivity contribution in [2.75, 3.05) is 6.54 Å². The van der Waals surface area contributed by atoms with Crippen LogP contribution in [0.1, 0.15) is 29.9 Å². The summed E-state index contributed by atoms with van der Waals surface area (Å²) in [6, 6.07) is 4.21. The molecule has 1 saturated heterocycles. The molecule has 0 bridgehead atoms. The van der Waals surface area contributed by atoms with Crippen molar-refractivity contribution < 1.29 is 8.83 Å². The summed E-state index contributed by atoms with van der Waals surface area (Å²) >= 11 is 0. The largest absolute Gasteiger partial charge is 0.459 e. The minimum atomic E-state index is 0.493. The molecule has 0 saturated carbocycles. The predicted octanol–water partition coefficient (Wildman–Crippen LogP) is 3.41. The van der Waals surface area contributed by atoms with Gasteiger partial charge in [0.2, 0.25) is 0 Å². The van der Waals surface area contributed by atoms with E-state index in [-0.39, 0.29) is 0 Å². The van der Waals surface area contributed by atoms with Crippen molar-refractivity contribution in [1.82, 2.24) is 19.7 Å². The van der Waals surface area contributed by atoms with Crippen LogP contribution < -0.4 is 0 Å². The second-order valence-electron chi connectivity index (χ2n) is 6.51. The van der Waals surface area contributed by atoms with Crippen molar-refractivity contribution in [3.63, 3.8) is 0 Å². The number of aryl methyl sites for hydroxylation is 2. The Morgan fingerprint density at radius 1 is 1.33 bits per heavy atom. The lowest BCUT2D eigenvalue weighted by Gasteiger charge is -2.23. The maximum absolute atomic E-state index is 5.78. The van der Waals surface area contributed by atoms with Crippen molar-refractivity contribution in [3.05, 3.63) is 47.8 Å². The molecular weight excluding hydrogens is 304 g/mol. The molecule has 0 aromatic carbocycles. The van der Waals surface area contributed by atoms with Gasteiger partial charge in [0, 0.05) is 18.8 Å². The van der Waals surface area contributed by atoms with Gasteiger partial charge >= 0.3 is 0 Å². The molecule has 0 N–H and O–H groups in total. The van der Waals surface area contributed by atoms with Gasteiger partial charge in [0.05, 0.1) is 24.7 Å². The van der Waals surface area contributed by atoms with Gasteiger partial charge in [0.15, 0.2) is 5.76 Å². The van der Waals surface area contributed by atoms with Gasteiger partial charge in [-0.2, -0.15) is 5.10 Å². The second kappa shape index (κ2) is 6.28. The zero-order chi connectivity index (χ0) is 16.5. The highest BCUT2D eigenvalue weighted by atomic mass is 16.4. The van der Waals surface area contributed by atoms with Gasteiger partial charge in [-0.15, -0.1) is 0 Å². The minimum Gasteiger partial charge on any atom is -0.459 e. The molecule has 4 rings (SSSR count). The monoisotopic (exact) mass is 326 g/mol. The number of hydrogen-bond acceptors (Lipinski definition) is 5. The highest BCUT2D eigenvalue weighted by Crippen LogP contribution is 2.26. The fraction of sp³-hybridized carbons (Fsp3) is 0.444. The lowest BCUT2D eigenvalue weighted by atomic mass is 10.2. The molecule has 6 nitrogen and oxygen atoms in total. The zero-order valence-electron chi connectivity index (χ0n) is 14.1. The van der Waals surface area contributed by atoms with Gasteiger partial charge in [-0.05, 0) is 50.9 Å². The third-order valence-electron chi connectivity index (χ3n) is 4.64. The van der Waals surface area contributed by atoms with E-state index in [1.165, 1.54) is 18.4 Å². The van der Waals surface area contributed by atoms with E-state index in [0.29, 0.717) is 17.7 Å². The normalized spacial score (nSPS) is 18.5. The van der Waals surface area contributed by atoms with Crippen LogP contribution in [0.5, 0.6) is 0 Å². The SMILES string of the molecule is Cc1cnn(C[C@H]2CCCN2Cc2nc(-c3ccco3)oc2C)c1. The van der Waals surface area contributed by atoms with E-state index in [2.05, 4.69) is 28.1 Å². The Kier molecular flexibility index (Phi) is 3.98. The lowest BCUT2D eigenvalue weighted by Crippen LogP contribution is -2.33. The van der Waals surface area contributed by atoms with E-state index in [1.807, 2.05) is 29.9 Å². The molecule has 3 aromatic heterocycles. The first kappa shape index (κ1) is 15.2. The van der Waals surface area contributed by atoms with E-state index in [4.69, 9.17) is 8.83 Å². The Bertz CT molecular complexity index is 803. The third kappa shape index (κ3) is 3.01. The first-order valence-electron chi connectivity index (χ1n) is 8.42. The quantitative estimate of drug-likeness (QED) is 0.719. The maximum Gasteiger partial charge on any atom is 0.263 e. The summed E-state index contributed by atoms with van der Waals surface area (Å²) in [4.78, 5) is 7.12. The first-order chi connectivity index (χ1) is 11.7. The third-order valence-corrected chi connectivity index (χ3v) is 4.64. The smallest absolute Gasteiger partial charge is 0.263 e. The average molecular weight is 326 g/mol. The molecule has 3 aromatic rings. The molecule has 126 valence electrons. The molecule has 1 fully saturated rings. The predicted molar refractivity (Wildman–Crippen MR) is 89.3 cm³/mol. The second-order valence-corrected chi connectivity index (χ2v) is 6.51. The van der Waals surface area contributed by atoms with Gasteiger partial charge < -0.3 is 8.83 Å². The van der Waals surface area contributed by atoms with Crippen LogP contribution in [0.3, 0.4) is 0 Å². The number of furan rings is 1. The molecule has 4 heterocycles.